The molecule has 1 aromatic carbocycles. The van der Waals surface area contributed by atoms with E-state index in [-0.39, 0.29) is 28.6 Å². The third-order valence-corrected chi connectivity index (χ3v) is 4.92. The number of carbonyl (C=O) groups excluding carboxylic acids is 1. The number of methoxy groups -OCH3 is 1. The minimum Gasteiger partial charge on any atom is -0.380 e. The first kappa shape index (κ1) is 15.9. The van der Waals surface area contributed by atoms with Crippen molar-refractivity contribution in [2.75, 3.05) is 26.0 Å². The average molecular weight is 313 g/mol. The number of hydrogen-bond acceptors (Lipinski definition) is 5. The molecule has 1 fully saturated rings. The molecule has 116 valence electrons. The topological polar surface area (TPSA) is 96.5 Å². The number of ether oxygens (including phenoxy) is 1. The van der Waals surface area contributed by atoms with Crippen LogP contribution in [0, 0.1) is 0 Å². The molecule has 0 saturated carbocycles. The largest absolute Gasteiger partial charge is 0.380 e. The van der Waals surface area contributed by atoms with Crippen LogP contribution in [0.2, 0.25) is 0 Å². The Morgan fingerprint density at radius 2 is 2.10 bits per heavy atom. The van der Waals surface area contributed by atoms with Crippen LogP contribution in [0.4, 0.5) is 5.69 Å². The summed E-state index contributed by atoms with van der Waals surface area (Å²) < 4.78 is 31.3. The Bertz CT molecular complexity index is 618. The Morgan fingerprint density at radius 3 is 2.71 bits per heavy atom. The monoisotopic (exact) mass is 313 g/mol. The highest BCUT2D eigenvalue weighted by molar-refractivity contribution is 7.89. The summed E-state index contributed by atoms with van der Waals surface area (Å²) in [4.78, 5) is 12.2. The van der Waals surface area contributed by atoms with Gasteiger partial charge in [-0.05, 0) is 25.6 Å². The lowest BCUT2D eigenvalue weighted by atomic mass is 10.2. The Hall–Kier alpha value is -1.48. The number of nitrogens with one attached hydrogen (secondary N) is 3. The van der Waals surface area contributed by atoms with Gasteiger partial charge in [0.25, 0.3) is 0 Å². The molecule has 0 aliphatic carbocycles. The molecule has 2 atom stereocenters. The lowest BCUT2D eigenvalue weighted by Crippen LogP contribution is -2.36. The maximum Gasteiger partial charge on any atom is 0.242 e. The summed E-state index contributed by atoms with van der Waals surface area (Å²) in [5.74, 6) is -0.270. The SMILES string of the molecule is CNS(=O)(=O)c1ccccc1NC(=O)C1CC(OC)CN1. The first-order valence-corrected chi connectivity index (χ1v) is 8.06. The van der Waals surface area contributed by atoms with E-state index < -0.39 is 10.0 Å². The molecule has 0 bridgehead atoms. The second-order valence-electron chi connectivity index (χ2n) is 4.75. The van der Waals surface area contributed by atoms with Gasteiger partial charge in [-0.2, -0.15) is 0 Å². The number of sulfonamides is 1. The second-order valence-corrected chi connectivity index (χ2v) is 6.60. The summed E-state index contributed by atoms with van der Waals surface area (Å²) in [5.41, 5.74) is 0.263. The highest BCUT2D eigenvalue weighted by atomic mass is 32.2. The highest BCUT2D eigenvalue weighted by Gasteiger charge is 2.30. The summed E-state index contributed by atoms with van der Waals surface area (Å²) in [7, 11) is -0.696. The zero-order valence-electron chi connectivity index (χ0n) is 11.9. The fourth-order valence-electron chi connectivity index (χ4n) is 2.22. The van der Waals surface area contributed by atoms with Gasteiger partial charge in [-0.25, -0.2) is 13.1 Å². The number of rotatable bonds is 5. The molecule has 2 rings (SSSR count). The minimum absolute atomic E-state index is 0.00275. The molecule has 1 heterocycles. The van der Waals surface area contributed by atoms with Crippen LogP contribution in [0.15, 0.2) is 29.2 Å². The Balaban J connectivity index is 2.15. The molecule has 1 aliphatic heterocycles. The maximum atomic E-state index is 12.2. The van der Waals surface area contributed by atoms with E-state index >= 15 is 0 Å². The summed E-state index contributed by atoms with van der Waals surface area (Å²) in [6.45, 7) is 0.602. The normalized spacial score (nSPS) is 22.2. The molecule has 0 aromatic heterocycles. The van der Waals surface area contributed by atoms with E-state index in [0.29, 0.717) is 13.0 Å². The first-order chi connectivity index (χ1) is 9.97. The van der Waals surface area contributed by atoms with Crippen LogP contribution in [-0.2, 0) is 19.6 Å². The molecular formula is C13H19N3O4S. The van der Waals surface area contributed by atoms with Crippen LogP contribution in [0.3, 0.4) is 0 Å². The van der Waals surface area contributed by atoms with Crippen molar-refractivity contribution in [2.45, 2.75) is 23.5 Å². The van der Waals surface area contributed by atoms with Gasteiger partial charge in [0.1, 0.15) is 4.90 Å². The van der Waals surface area contributed by atoms with Crippen molar-refractivity contribution in [1.82, 2.24) is 10.0 Å². The predicted molar refractivity (Wildman–Crippen MR) is 78.5 cm³/mol. The van der Waals surface area contributed by atoms with Gasteiger partial charge >= 0.3 is 0 Å². The van der Waals surface area contributed by atoms with E-state index in [1.807, 2.05) is 0 Å². The number of carbonyl (C=O) groups is 1. The molecule has 3 N–H and O–H groups in total. The van der Waals surface area contributed by atoms with E-state index in [1.54, 1.807) is 25.3 Å². The summed E-state index contributed by atoms with van der Waals surface area (Å²) >= 11 is 0. The van der Waals surface area contributed by atoms with Crippen LogP contribution >= 0.6 is 0 Å². The van der Waals surface area contributed by atoms with Crippen LogP contribution in [0.25, 0.3) is 0 Å². The zero-order chi connectivity index (χ0) is 15.5. The minimum atomic E-state index is -3.62. The highest BCUT2D eigenvalue weighted by Crippen LogP contribution is 2.21. The molecule has 2 unspecified atom stereocenters. The Labute approximate surface area is 124 Å². The number of benzene rings is 1. The van der Waals surface area contributed by atoms with Crippen LogP contribution in [-0.4, -0.2) is 47.2 Å². The van der Waals surface area contributed by atoms with Gasteiger partial charge in [-0.3, -0.25) is 4.79 Å². The fraction of sp³-hybridized carbons (Fsp3) is 0.462. The van der Waals surface area contributed by atoms with E-state index in [0.717, 1.165) is 0 Å². The molecule has 1 aliphatic rings. The molecule has 1 amide bonds. The van der Waals surface area contributed by atoms with E-state index in [4.69, 9.17) is 4.74 Å². The third kappa shape index (κ3) is 3.59. The van der Waals surface area contributed by atoms with Crippen LogP contribution in [0.5, 0.6) is 0 Å². The van der Waals surface area contributed by atoms with Gasteiger partial charge < -0.3 is 15.4 Å². The van der Waals surface area contributed by atoms with Gasteiger partial charge in [-0.1, -0.05) is 12.1 Å². The van der Waals surface area contributed by atoms with Crippen molar-refractivity contribution in [1.29, 1.82) is 0 Å². The number of anilines is 1. The van der Waals surface area contributed by atoms with Crippen molar-refractivity contribution in [3.05, 3.63) is 24.3 Å². The van der Waals surface area contributed by atoms with Crippen molar-refractivity contribution in [3.63, 3.8) is 0 Å². The van der Waals surface area contributed by atoms with Gasteiger partial charge in [0.15, 0.2) is 0 Å². The van der Waals surface area contributed by atoms with Crippen molar-refractivity contribution in [3.8, 4) is 0 Å². The number of amides is 1. The third-order valence-electron chi connectivity index (χ3n) is 3.44. The van der Waals surface area contributed by atoms with Crippen molar-refractivity contribution >= 4 is 21.6 Å². The van der Waals surface area contributed by atoms with Gasteiger partial charge in [-0.15, -0.1) is 0 Å². The summed E-state index contributed by atoms with van der Waals surface area (Å²) in [6.07, 6.45) is 0.556. The van der Waals surface area contributed by atoms with Gasteiger partial charge in [0.2, 0.25) is 15.9 Å². The molecule has 8 heteroatoms. The number of para-hydroxylation sites is 1. The summed E-state index contributed by atoms with van der Waals surface area (Å²) in [6, 6.07) is 5.89. The van der Waals surface area contributed by atoms with Crippen molar-refractivity contribution < 1.29 is 17.9 Å². The van der Waals surface area contributed by atoms with Gasteiger partial charge in [0, 0.05) is 13.7 Å². The smallest absolute Gasteiger partial charge is 0.242 e. The van der Waals surface area contributed by atoms with E-state index in [1.165, 1.54) is 13.1 Å². The quantitative estimate of drug-likeness (QED) is 0.706. The average Bonchev–Trinajstić information content (AvgIpc) is 2.96. The predicted octanol–water partition coefficient (Wildman–Crippen LogP) is -0.0899. The molecular weight excluding hydrogens is 294 g/mol. The lowest BCUT2D eigenvalue weighted by Gasteiger charge is -2.14. The Kier molecular flexibility index (Phi) is 4.94. The standard InChI is InChI=1S/C13H19N3O4S/c1-14-21(18,19)12-6-4-3-5-10(12)16-13(17)11-7-9(20-2)8-15-11/h3-6,9,11,14-15H,7-8H2,1-2H3,(H,16,17). The first-order valence-electron chi connectivity index (χ1n) is 6.57. The van der Waals surface area contributed by atoms with Crippen LogP contribution in [0.1, 0.15) is 6.42 Å². The number of hydrogen-bond donors (Lipinski definition) is 3. The molecule has 21 heavy (non-hydrogen) atoms. The molecule has 0 spiro atoms. The Morgan fingerprint density at radius 1 is 1.38 bits per heavy atom. The fourth-order valence-corrected chi connectivity index (χ4v) is 3.10. The lowest BCUT2D eigenvalue weighted by molar-refractivity contribution is -0.118. The molecule has 1 saturated heterocycles. The van der Waals surface area contributed by atoms with Crippen molar-refractivity contribution in [2.24, 2.45) is 0 Å². The van der Waals surface area contributed by atoms with E-state index in [2.05, 4.69) is 15.4 Å². The van der Waals surface area contributed by atoms with E-state index in [9.17, 15) is 13.2 Å². The molecule has 0 radical (unpaired) electrons. The second kappa shape index (κ2) is 6.52. The molecule has 1 aromatic rings. The summed E-state index contributed by atoms with van der Waals surface area (Å²) in [5, 5.41) is 5.71. The zero-order valence-corrected chi connectivity index (χ0v) is 12.7. The molecule has 7 nitrogen and oxygen atoms in total. The van der Waals surface area contributed by atoms with Gasteiger partial charge in [0.05, 0.1) is 17.8 Å². The van der Waals surface area contributed by atoms with Crippen LogP contribution < -0.4 is 15.4 Å². The maximum absolute atomic E-state index is 12.2.